The van der Waals surface area contributed by atoms with E-state index in [9.17, 15) is 8.42 Å². The van der Waals surface area contributed by atoms with E-state index in [1.165, 1.54) is 18.9 Å². The van der Waals surface area contributed by atoms with Crippen LogP contribution < -0.4 is 5.32 Å². The lowest BCUT2D eigenvalue weighted by Gasteiger charge is -2.36. The molecule has 0 saturated heterocycles. The van der Waals surface area contributed by atoms with Gasteiger partial charge in [0.05, 0.1) is 21.4 Å². The van der Waals surface area contributed by atoms with Crippen molar-refractivity contribution in [1.82, 2.24) is 19.9 Å². The van der Waals surface area contributed by atoms with E-state index < -0.39 is 9.84 Å². The Kier molecular flexibility index (Phi) is 9.52. The molecule has 0 aliphatic heterocycles. The third kappa shape index (κ3) is 7.18. The van der Waals surface area contributed by atoms with Crippen LogP contribution in [0.4, 0.5) is 5.95 Å². The molecule has 9 heteroatoms. The summed E-state index contributed by atoms with van der Waals surface area (Å²) in [6.07, 6.45) is 12.2. The summed E-state index contributed by atoms with van der Waals surface area (Å²) >= 11 is 6.09. The predicted octanol–water partition coefficient (Wildman–Crippen LogP) is 6.04. The fourth-order valence-electron chi connectivity index (χ4n) is 5.04. The second kappa shape index (κ2) is 12.8. The highest BCUT2D eigenvalue weighted by molar-refractivity contribution is 7.90. The molecule has 0 amide bonds. The van der Waals surface area contributed by atoms with Gasteiger partial charge in [-0.3, -0.25) is 4.98 Å². The molecule has 0 unspecified atom stereocenters. The van der Waals surface area contributed by atoms with Crippen LogP contribution in [0.2, 0.25) is 5.02 Å². The third-order valence-electron chi connectivity index (χ3n) is 7.18. The van der Waals surface area contributed by atoms with Gasteiger partial charge in [0.1, 0.15) is 0 Å². The average Bonchev–Trinajstić information content (AvgIpc) is 2.91. The molecule has 3 aromatic rings. The number of hydrogen-bond donors (Lipinski definition) is 1. The molecule has 202 valence electrons. The van der Waals surface area contributed by atoms with E-state index in [0.29, 0.717) is 23.7 Å². The third-order valence-corrected chi connectivity index (χ3v) is 9.32. The molecular weight excluding hydrogens is 518 g/mol. The number of hydrogen-bond acceptors (Lipinski definition) is 7. The van der Waals surface area contributed by atoms with Crippen LogP contribution in [-0.4, -0.2) is 53.4 Å². The molecule has 7 nitrogen and oxygen atoms in total. The fraction of sp³-hybridized carbons (Fsp3) is 0.414. The zero-order valence-electron chi connectivity index (χ0n) is 22.3. The average molecular weight is 554 g/mol. The zero-order valence-corrected chi connectivity index (χ0v) is 23.8. The molecule has 1 aliphatic rings. The van der Waals surface area contributed by atoms with Crippen molar-refractivity contribution in [3.63, 3.8) is 0 Å². The lowest BCUT2D eigenvalue weighted by Crippen LogP contribution is -2.40. The highest BCUT2D eigenvalue weighted by atomic mass is 35.5. The molecule has 0 spiro atoms. The molecule has 2 aromatic heterocycles. The van der Waals surface area contributed by atoms with E-state index in [2.05, 4.69) is 39.0 Å². The Labute approximate surface area is 231 Å². The van der Waals surface area contributed by atoms with Crippen molar-refractivity contribution >= 4 is 39.5 Å². The fourth-order valence-corrected chi connectivity index (χ4v) is 6.89. The number of sulfone groups is 1. The van der Waals surface area contributed by atoms with E-state index in [0.717, 1.165) is 42.8 Å². The first kappa shape index (κ1) is 28.2. The molecule has 4 rings (SSSR count). The van der Waals surface area contributed by atoms with Crippen molar-refractivity contribution in [3.8, 4) is 0 Å². The van der Waals surface area contributed by atoms with Gasteiger partial charge in [-0.1, -0.05) is 55.8 Å². The van der Waals surface area contributed by atoms with Crippen molar-refractivity contribution in [2.75, 3.05) is 18.4 Å². The first-order valence-electron chi connectivity index (χ1n) is 13.2. The molecule has 1 fully saturated rings. The van der Waals surface area contributed by atoms with Crippen molar-refractivity contribution < 1.29 is 8.42 Å². The maximum absolute atomic E-state index is 12.8. The minimum absolute atomic E-state index is 0.121. The van der Waals surface area contributed by atoms with Crippen LogP contribution in [0.5, 0.6) is 0 Å². The van der Waals surface area contributed by atoms with Crippen molar-refractivity contribution in [1.29, 1.82) is 0 Å². The highest BCUT2D eigenvalue weighted by Crippen LogP contribution is 2.26. The van der Waals surface area contributed by atoms with Gasteiger partial charge >= 0.3 is 0 Å². The number of nitrogens with zero attached hydrogens (tertiary/aromatic N) is 4. The van der Waals surface area contributed by atoms with Crippen molar-refractivity contribution in [2.24, 2.45) is 0 Å². The number of aryl methyl sites for hydroxylation is 1. The maximum Gasteiger partial charge on any atom is 0.222 e. The molecule has 2 heterocycles. The van der Waals surface area contributed by atoms with Gasteiger partial charge in [-0.25, -0.2) is 18.4 Å². The largest absolute Gasteiger partial charge is 0.351 e. The Hall–Kier alpha value is -2.81. The van der Waals surface area contributed by atoms with Gasteiger partial charge in [0.15, 0.2) is 9.84 Å². The summed E-state index contributed by atoms with van der Waals surface area (Å²) in [5.41, 5.74) is 3.00. The summed E-state index contributed by atoms with van der Waals surface area (Å²) in [4.78, 5) is 16.2. The lowest BCUT2D eigenvalue weighted by atomic mass is 9.90. The first-order valence-corrected chi connectivity index (χ1v) is 15.3. The van der Waals surface area contributed by atoms with Crippen LogP contribution in [0, 0.1) is 6.92 Å². The van der Waals surface area contributed by atoms with Gasteiger partial charge in [-0.15, -0.1) is 0 Å². The number of aromatic nitrogens is 3. The molecule has 0 radical (unpaired) electrons. The number of benzene rings is 1. The Morgan fingerprint density at radius 2 is 1.68 bits per heavy atom. The Morgan fingerprint density at radius 1 is 1.00 bits per heavy atom. The van der Waals surface area contributed by atoms with E-state index in [1.54, 1.807) is 36.7 Å². The van der Waals surface area contributed by atoms with Crippen LogP contribution in [0.25, 0.3) is 12.2 Å². The monoisotopic (exact) mass is 553 g/mol. The Balaban J connectivity index is 1.33. The lowest BCUT2D eigenvalue weighted by molar-refractivity contribution is 0.167. The maximum atomic E-state index is 12.8. The second-order valence-corrected chi connectivity index (χ2v) is 12.1. The summed E-state index contributed by atoms with van der Waals surface area (Å²) < 4.78 is 25.6. The number of pyridine rings is 1. The summed E-state index contributed by atoms with van der Waals surface area (Å²) in [6.45, 7) is 8.57. The van der Waals surface area contributed by atoms with E-state index >= 15 is 0 Å². The molecule has 1 saturated carbocycles. The normalized spacial score (nSPS) is 18.2. The number of anilines is 1. The Morgan fingerprint density at radius 3 is 2.32 bits per heavy atom. The van der Waals surface area contributed by atoms with Gasteiger partial charge in [0.25, 0.3) is 0 Å². The zero-order chi connectivity index (χ0) is 27.1. The summed E-state index contributed by atoms with van der Waals surface area (Å²) in [5.74, 6) is 0.455. The molecule has 0 bridgehead atoms. The second-order valence-electron chi connectivity index (χ2n) is 9.71. The van der Waals surface area contributed by atoms with Crippen LogP contribution >= 0.6 is 11.6 Å². The minimum atomic E-state index is -3.59. The highest BCUT2D eigenvalue weighted by Gasteiger charge is 2.24. The quantitative estimate of drug-likeness (QED) is 0.327. The van der Waals surface area contributed by atoms with Gasteiger partial charge in [-0.05, 0) is 69.5 Å². The molecule has 1 N–H and O–H groups in total. The number of halogens is 1. The SMILES string of the molecule is CCN(CC)C1CCC(Nc2ncc(/C=C/c3ccc(CS(=O)(=O)c4ccccc4Cl)nc3C)cn2)CC1. The summed E-state index contributed by atoms with van der Waals surface area (Å²) in [7, 11) is -3.59. The smallest absolute Gasteiger partial charge is 0.222 e. The number of nitrogens with one attached hydrogen (secondary N) is 1. The summed E-state index contributed by atoms with van der Waals surface area (Å²) in [6, 6.07) is 11.2. The van der Waals surface area contributed by atoms with Crippen LogP contribution in [0.3, 0.4) is 0 Å². The molecule has 1 aliphatic carbocycles. The molecule has 38 heavy (non-hydrogen) atoms. The van der Waals surface area contributed by atoms with Gasteiger partial charge in [0.2, 0.25) is 5.95 Å². The van der Waals surface area contributed by atoms with E-state index in [1.807, 2.05) is 25.1 Å². The number of rotatable bonds is 10. The van der Waals surface area contributed by atoms with Gasteiger partial charge < -0.3 is 10.2 Å². The first-order chi connectivity index (χ1) is 18.3. The predicted molar refractivity (Wildman–Crippen MR) is 155 cm³/mol. The minimum Gasteiger partial charge on any atom is -0.351 e. The van der Waals surface area contributed by atoms with Gasteiger partial charge in [0, 0.05) is 35.7 Å². The van der Waals surface area contributed by atoms with E-state index in [4.69, 9.17) is 11.6 Å². The van der Waals surface area contributed by atoms with E-state index in [-0.39, 0.29) is 15.7 Å². The summed E-state index contributed by atoms with van der Waals surface area (Å²) in [5, 5.41) is 3.71. The van der Waals surface area contributed by atoms with Crippen LogP contribution in [0.15, 0.2) is 53.7 Å². The topological polar surface area (TPSA) is 88.1 Å². The molecule has 1 aromatic carbocycles. The standard InChI is InChI=1S/C29H36ClN5O2S/c1-4-35(5-2)26-16-14-24(15-17-26)34-29-31-18-22(19-32-29)10-11-23-12-13-25(33-21(23)3)20-38(36,37)28-9-7-6-8-27(28)30/h6-13,18-19,24,26H,4-5,14-17,20H2,1-3H3,(H,31,32,34)/b11-10+. The van der Waals surface area contributed by atoms with Crippen molar-refractivity contribution in [2.45, 2.75) is 69.2 Å². The van der Waals surface area contributed by atoms with Gasteiger partial charge in [-0.2, -0.15) is 0 Å². The van der Waals surface area contributed by atoms with Crippen molar-refractivity contribution in [3.05, 3.63) is 76.3 Å². The molecular formula is C29H36ClN5O2S. The Bertz CT molecular complexity index is 1350. The van der Waals surface area contributed by atoms with Crippen LogP contribution in [-0.2, 0) is 15.6 Å². The molecule has 0 atom stereocenters. The van der Waals surface area contributed by atoms with Crippen LogP contribution in [0.1, 0.15) is 62.0 Å².